The molecule has 0 unspecified atom stereocenters. The third kappa shape index (κ3) is 6.55. The molecule has 4 rings (SSSR count). The average molecular weight is 552 g/mol. The van der Waals surface area contributed by atoms with Crippen molar-refractivity contribution in [3.63, 3.8) is 0 Å². The highest BCUT2D eigenvalue weighted by Crippen LogP contribution is 2.32. The molecule has 0 radical (unpaired) electrons. The molecule has 3 aromatic carbocycles. The summed E-state index contributed by atoms with van der Waals surface area (Å²) in [4.78, 5) is 16.0. The maximum atomic E-state index is 13.1. The van der Waals surface area contributed by atoms with E-state index in [0.29, 0.717) is 43.2 Å². The van der Waals surface area contributed by atoms with Crippen LogP contribution in [0.15, 0.2) is 71.6 Å². The molecule has 1 heterocycles. The molecule has 1 fully saturated rings. The number of nitrogens with one attached hydrogen (secondary N) is 1. The molecule has 1 N–H and O–H groups in total. The fourth-order valence-electron chi connectivity index (χ4n) is 4.01. The number of hydrogen-bond donors (Lipinski definition) is 1. The fraction of sp³-hybridized carbons (Fsp3) is 0.269. The van der Waals surface area contributed by atoms with Crippen LogP contribution in [0.2, 0.25) is 0 Å². The Balaban J connectivity index is 1.31. The Kier molecular flexibility index (Phi) is 7.81. The molecule has 0 aliphatic carbocycles. The molecule has 0 spiro atoms. The van der Waals surface area contributed by atoms with E-state index in [9.17, 15) is 30.8 Å². The molecular formula is C26H25F4N3O4S. The van der Waals surface area contributed by atoms with Crippen molar-refractivity contribution in [2.75, 3.05) is 42.4 Å². The largest absolute Gasteiger partial charge is 0.483 e. The third-order valence-electron chi connectivity index (χ3n) is 6.08. The van der Waals surface area contributed by atoms with Crippen LogP contribution in [-0.2, 0) is 21.0 Å². The number of carbonyl (C=O) groups excluding carboxylic acids is 1. The van der Waals surface area contributed by atoms with Gasteiger partial charge in [-0.2, -0.15) is 13.2 Å². The summed E-state index contributed by atoms with van der Waals surface area (Å²) in [5.41, 5.74) is 0.433. The first kappa shape index (κ1) is 27.2. The molecule has 1 aliphatic rings. The van der Waals surface area contributed by atoms with Crippen molar-refractivity contribution >= 4 is 27.3 Å². The second kappa shape index (κ2) is 10.9. The van der Waals surface area contributed by atoms with Crippen LogP contribution in [0.1, 0.15) is 11.1 Å². The summed E-state index contributed by atoms with van der Waals surface area (Å²) in [5.74, 6) is -0.443. The lowest BCUT2D eigenvalue weighted by molar-refractivity contribution is -0.137. The van der Waals surface area contributed by atoms with Crippen molar-refractivity contribution in [3.05, 3.63) is 83.7 Å². The monoisotopic (exact) mass is 551 g/mol. The highest BCUT2D eigenvalue weighted by atomic mass is 32.2. The minimum absolute atomic E-state index is 0.0243. The predicted molar refractivity (Wildman–Crippen MR) is 134 cm³/mol. The smallest absolute Gasteiger partial charge is 0.416 e. The Morgan fingerprint density at radius 3 is 2.29 bits per heavy atom. The number of ether oxygens (including phenoxy) is 1. The van der Waals surface area contributed by atoms with Gasteiger partial charge < -0.3 is 14.5 Å². The zero-order valence-electron chi connectivity index (χ0n) is 20.3. The summed E-state index contributed by atoms with van der Waals surface area (Å²) in [7, 11) is -3.92. The number of anilines is 2. The molecule has 0 atom stereocenters. The summed E-state index contributed by atoms with van der Waals surface area (Å²) in [6.45, 7) is 2.77. The number of amides is 1. The first-order chi connectivity index (χ1) is 17.9. The van der Waals surface area contributed by atoms with Crippen LogP contribution >= 0.6 is 0 Å². The first-order valence-electron chi connectivity index (χ1n) is 11.6. The van der Waals surface area contributed by atoms with Crippen molar-refractivity contribution in [1.29, 1.82) is 0 Å². The normalized spacial score (nSPS) is 14.3. The molecule has 12 heteroatoms. The van der Waals surface area contributed by atoms with Gasteiger partial charge in [0.15, 0.2) is 6.61 Å². The van der Waals surface area contributed by atoms with Crippen molar-refractivity contribution in [1.82, 2.24) is 4.90 Å². The Bertz CT molecular complexity index is 1400. The van der Waals surface area contributed by atoms with E-state index in [-0.39, 0.29) is 23.1 Å². The number of aryl methyl sites for hydroxylation is 1. The van der Waals surface area contributed by atoms with Crippen molar-refractivity contribution < 1.29 is 35.5 Å². The topological polar surface area (TPSA) is 78.9 Å². The second-order valence-corrected chi connectivity index (χ2v) is 10.4. The molecule has 0 bridgehead atoms. The van der Waals surface area contributed by atoms with Crippen LogP contribution < -0.4 is 14.4 Å². The molecular weight excluding hydrogens is 526 g/mol. The molecule has 3 aromatic rings. The summed E-state index contributed by atoms with van der Waals surface area (Å²) in [6, 6.07) is 14.2. The van der Waals surface area contributed by atoms with E-state index in [4.69, 9.17) is 4.74 Å². The van der Waals surface area contributed by atoms with Gasteiger partial charge in [0.2, 0.25) is 0 Å². The van der Waals surface area contributed by atoms with E-state index in [1.807, 2.05) is 0 Å². The number of rotatable bonds is 7. The summed E-state index contributed by atoms with van der Waals surface area (Å²) in [5, 5.41) is 0. The summed E-state index contributed by atoms with van der Waals surface area (Å²) < 4.78 is 85.4. The SMILES string of the molecule is Cc1cc(S(=O)(=O)Nc2ccc(F)cc2)ccc1OCC(=O)N1CCN(c2cccc(C(F)(F)F)c2)CC1. The van der Waals surface area contributed by atoms with E-state index in [1.54, 1.807) is 22.8 Å². The van der Waals surface area contributed by atoms with Crippen LogP contribution in [0.3, 0.4) is 0 Å². The van der Waals surface area contributed by atoms with Crippen LogP contribution in [0.4, 0.5) is 28.9 Å². The van der Waals surface area contributed by atoms with Gasteiger partial charge in [0.05, 0.1) is 10.5 Å². The van der Waals surface area contributed by atoms with Crippen LogP contribution in [0.25, 0.3) is 0 Å². The number of sulfonamides is 1. The van der Waals surface area contributed by atoms with Crippen molar-refractivity contribution in [2.45, 2.75) is 18.0 Å². The summed E-state index contributed by atoms with van der Waals surface area (Å²) in [6.07, 6.45) is -4.43. The number of carbonyl (C=O) groups is 1. The van der Waals surface area contributed by atoms with Gasteiger partial charge in [0.25, 0.3) is 15.9 Å². The third-order valence-corrected chi connectivity index (χ3v) is 7.45. The number of nitrogens with zero attached hydrogens (tertiary/aromatic N) is 2. The van der Waals surface area contributed by atoms with Gasteiger partial charge in [-0.15, -0.1) is 0 Å². The molecule has 0 saturated carbocycles. The fourth-order valence-corrected chi connectivity index (χ4v) is 5.15. The highest BCUT2D eigenvalue weighted by molar-refractivity contribution is 7.92. The van der Waals surface area contributed by atoms with Gasteiger partial charge in [0, 0.05) is 37.6 Å². The van der Waals surface area contributed by atoms with Gasteiger partial charge >= 0.3 is 6.18 Å². The Morgan fingerprint density at radius 1 is 0.974 bits per heavy atom. The molecule has 1 aliphatic heterocycles. The standard InChI is InChI=1S/C26H25F4N3O4S/c1-18-15-23(38(35,36)31-21-7-5-20(27)6-8-21)9-10-24(18)37-17-25(34)33-13-11-32(12-14-33)22-4-2-3-19(16-22)26(28,29)30/h2-10,15-16,31H,11-14,17H2,1H3. The maximum absolute atomic E-state index is 13.1. The number of hydrogen-bond acceptors (Lipinski definition) is 5. The predicted octanol–water partition coefficient (Wildman–Crippen LogP) is 4.68. The number of halogens is 4. The molecule has 202 valence electrons. The summed E-state index contributed by atoms with van der Waals surface area (Å²) >= 11 is 0. The lowest BCUT2D eigenvalue weighted by Gasteiger charge is -2.36. The Hall–Kier alpha value is -3.80. The van der Waals surface area contributed by atoms with Crippen molar-refractivity contribution in [3.8, 4) is 5.75 Å². The zero-order chi connectivity index (χ0) is 27.5. The quantitative estimate of drug-likeness (QED) is 0.432. The van der Waals surface area contributed by atoms with E-state index >= 15 is 0 Å². The van der Waals surface area contributed by atoms with Gasteiger partial charge in [-0.25, -0.2) is 12.8 Å². The van der Waals surface area contributed by atoms with Crippen LogP contribution in [0, 0.1) is 12.7 Å². The Morgan fingerprint density at radius 2 is 1.66 bits per heavy atom. The van der Waals surface area contributed by atoms with E-state index in [1.165, 1.54) is 36.4 Å². The van der Waals surface area contributed by atoms with Gasteiger partial charge in [-0.1, -0.05) is 6.07 Å². The Labute approximate surface area is 217 Å². The molecule has 1 saturated heterocycles. The highest BCUT2D eigenvalue weighted by Gasteiger charge is 2.31. The van der Waals surface area contributed by atoms with E-state index < -0.39 is 27.6 Å². The second-order valence-electron chi connectivity index (χ2n) is 8.74. The van der Waals surface area contributed by atoms with E-state index in [0.717, 1.165) is 24.3 Å². The van der Waals surface area contributed by atoms with E-state index in [2.05, 4.69) is 4.72 Å². The van der Waals surface area contributed by atoms with Gasteiger partial charge in [-0.3, -0.25) is 9.52 Å². The number of piperazine rings is 1. The molecule has 1 amide bonds. The van der Waals surface area contributed by atoms with Crippen LogP contribution in [-0.4, -0.2) is 52.0 Å². The minimum atomic E-state index is -4.43. The zero-order valence-corrected chi connectivity index (χ0v) is 21.2. The lowest BCUT2D eigenvalue weighted by atomic mass is 10.1. The molecule has 7 nitrogen and oxygen atoms in total. The van der Waals surface area contributed by atoms with Crippen LogP contribution in [0.5, 0.6) is 5.75 Å². The molecule has 0 aromatic heterocycles. The first-order valence-corrected chi connectivity index (χ1v) is 13.1. The minimum Gasteiger partial charge on any atom is -0.483 e. The maximum Gasteiger partial charge on any atom is 0.416 e. The van der Waals surface area contributed by atoms with Crippen molar-refractivity contribution in [2.24, 2.45) is 0 Å². The molecule has 38 heavy (non-hydrogen) atoms. The average Bonchev–Trinajstić information content (AvgIpc) is 2.88. The number of benzene rings is 3. The lowest BCUT2D eigenvalue weighted by Crippen LogP contribution is -2.50. The van der Waals surface area contributed by atoms with Gasteiger partial charge in [-0.05, 0) is 73.2 Å². The number of alkyl halides is 3. The van der Waals surface area contributed by atoms with Gasteiger partial charge in [0.1, 0.15) is 11.6 Å².